The van der Waals surface area contributed by atoms with E-state index in [1.807, 2.05) is 12.1 Å². The summed E-state index contributed by atoms with van der Waals surface area (Å²) < 4.78 is 6.27. The molecule has 0 saturated carbocycles. The Morgan fingerprint density at radius 2 is 2.19 bits per heavy atom. The fourth-order valence-corrected chi connectivity index (χ4v) is 2.63. The second kappa shape index (κ2) is 4.14. The highest BCUT2D eigenvalue weighted by molar-refractivity contribution is 7.20. The van der Waals surface area contributed by atoms with Crippen molar-refractivity contribution in [3.63, 3.8) is 0 Å². The number of thiophene rings is 1. The van der Waals surface area contributed by atoms with Gasteiger partial charge in [-0.3, -0.25) is 0 Å². The largest absolute Gasteiger partial charge is 0.496 e. The second-order valence-electron chi connectivity index (χ2n) is 3.47. The van der Waals surface area contributed by atoms with Crippen LogP contribution in [-0.4, -0.2) is 18.2 Å². The molecule has 0 radical (unpaired) electrons. The van der Waals surface area contributed by atoms with Crippen molar-refractivity contribution in [1.29, 1.82) is 0 Å². The van der Waals surface area contributed by atoms with Gasteiger partial charge in [-0.15, -0.1) is 11.3 Å². The number of aromatic carboxylic acids is 1. The number of aryl methyl sites for hydroxylation is 1. The quantitative estimate of drug-likeness (QED) is 0.890. The molecule has 2 aromatic rings. The molecule has 0 aliphatic carbocycles. The molecule has 0 bridgehead atoms. The van der Waals surface area contributed by atoms with Crippen molar-refractivity contribution in [1.82, 2.24) is 0 Å². The third-order valence-electron chi connectivity index (χ3n) is 2.51. The van der Waals surface area contributed by atoms with E-state index in [-0.39, 0.29) is 0 Å². The molecule has 1 aromatic carbocycles. The zero-order valence-electron chi connectivity index (χ0n) is 9.11. The zero-order chi connectivity index (χ0) is 11.7. The molecule has 16 heavy (non-hydrogen) atoms. The van der Waals surface area contributed by atoms with E-state index in [0.717, 1.165) is 27.8 Å². The van der Waals surface area contributed by atoms with Crippen LogP contribution >= 0.6 is 11.3 Å². The molecule has 0 unspecified atom stereocenters. The molecule has 4 heteroatoms. The standard InChI is InChI=1S/C12H12O3S/c1-3-7-5-10-8(4-9(7)15-2)6-11(16-10)12(13)14/h4-6H,3H2,1-2H3,(H,13,14). The number of hydrogen-bond donors (Lipinski definition) is 1. The summed E-state index contributed by atoms with van der Waals surface area (Å²) >= 11 is 1.30. The van der Waals surface area contributed by atoms with Gasteiger partial charge in [0.2, 0.25) is 0 Å². The van der Waals surface area contributed by atoms with Crippen LogP contribution < -0.4 is 4.74 Å². The van der Waals surface area contributed by atoms with E-state index in [1.165, 1.54) is 11.3 Å². The van der Waals surface area contributed by atoms with Crippen molar-refractivity contribution in [2.45, 2.75) is 13.3 Å². The summed E-state index contributed by atoms with van der Waals surface area (Å²) in [4.78, 5) is 11.2. The van der Waals surface area contributed by atoms with Crippen molar-refractivity contribution in [2.75, 3.05) is 7.11 Å². The van der Waals surface area contributed by atoms with Crippen molar-refractivity contribution in [3.05, 3.63) is 28.6 Å². The molecule has 0 atom stereocenters. The number of carboxylic acid groups (broad SMARTS) is 1. The molecular formula is C12H12O3S. The Bertz CT molecular complexity index is 501. The van der Waals surface area contributed by atoms with Crippen molar-refractivity contribution in [2.24, 2.45) is 0 Å². The third-order valence-corrected chi connectivity index (χ3v) is 3.60. The SMILES string of the molecule is CCc1cc2sc(C(=O)O)cc2cc1OC. The average molecular weight is 236 g/mol. The lowest BCUT2D eigenvalue weighted by molar-refractivity contribution is 0.0702. The molecule has 0 saturated heterocycles. The summed E-state index contributed by atoms with van der Waals surface area (Å²) in [5, 5.41) is 9.85. The molecule has 84 valence electrons. The number of carboxylic acids is 1. The molecule has 1 heterocycles. The molecule has 0 aliphatic heterocycles. The zero-order valence-corrected chi connectivity index (χ0v) is 9.93. The van der Waals surface area contributed by atoms with Gasteiger partial charge >= 0.3 is 5.97 Å². The van der Waals surface area contributed by atoms with Crippen LogP contribution in [0.25, 0.3) is 10.1 Å². The molecule has 1 N–H and O–H groups in total. The lowest BCUT2D eigenvalue weighted by Gasteiger charge is -2.05. The average Bonchev–Trinajstić information content (AvgIpc) is 2.69. The summed E-state index contributed by atoms with van der Waals surface area (Å²) in [6, 6.07) is 5.59. The van der Waals surface area contributed by atoms with Gasteiger partial charge in [-0.1, -0.05) is 6.92 Å². The van der Waals surface area contributed by atoms with Crippen LogP contribution in [0.3, 0.4) is 0 Å². The predicted octanol–water partition coefficient (Wildman–Crippen LogP) is 3.17. The summed E-state index contributed by atoms with van der Waals surface area (Å²) in [6.45, 7) is 2.05. The van der Waals surface area contributed by atoms with Gasteiger partial charge in [0.15, 0.2) is 0 Å². The van der Waals surface area contributed by atoms with Gasteiger partial charge in [0.1, 0.15) is 10.6 Å². The summed E-state index contributed by atoms with van der Waals surface area (Å²) in [7, 11) is 1.63. The smallest absolute Gasteiger partial charge is 0.345 e. The first-order valence-corrected chi connectivity index (χ1v) is 5.81. The molecule has 2 rings (SSSR count). The Morgan fingerprint density at radius 1 is 1.44 bits per heavy atom. The number of fused-ring (bicyclic) bond motifs is 1. The van der Waals surface area contributed by atoms with Crippen molar-refractivity contribution in [3.8, 4) is 5.75 Å². The summed E-state index contributed by atoms with van der Waals surface area (Å²) in [6.07, 6.45) is 0.874. The Hall–Kier alpha value is -1.55. The fourth-order valence-electron chi connectivity index (χ4n) is 1.68. The van der Waals surface area contributed by atoms with E-state index < -0.39 is 5.97 Å². The first-order chi connectivity index (χ1) is 7.65. The number of methoxy groups -OCH3 is 1. The summed E-state index contributed by atoms with van der Waals surface area (Å²) in [5.41, 5.74) is 1.11. The Morgan fingerprint density at radius 3 is 2.75 bits per heavy atom. The number of hydrogen-bond acceptors (Lipinski definition) is 3. The Labute approximate surface area is 97.3 Å². The summed E-state index contributed by atoms with van der Waals surface area (Å²) in [5.74, 6) is -0.0528. The van der Waals surface area contributed by atoms with Crippen molar-refractivity contribution < 1.29 is 14.6 Å². The van der Waals surface area contributed by atoms with Crippen molar-refractivity contribution >= 4 is 27.4 Å². The minimum absolute atomic E-state index is 0.366. The van der Waals surface area contributed by atoms with E-state index in [2.05, 4.69) is 6.92 Å². The maximum absolute atomic E-state index is 10.9. The second-order valence-corrected chi connectivity index (χ2v) is 4.56. The van der Waals surface area contributed by atoms with Gasteiger partial charge in [0, 0.05) is 4.70 Å². The number of rotatable bonds is 3. The van der Waals surface area contributed by atoms with Crippen LogP contribution in [0.1, 0.15) is 22.2 Å². The van der Waals surface area contributed by atoms with Gasteiger partial charge in [-0.2, -0.15) is 0 Å². The first-order valence-electron chi connectivity index (χ1n) is 4.99. The van der Waals surface area contributed by atoms with Crippen LogP contribution in [0.15, 0.2) is 18.2 Å². The van der Waals surface area contributed by atoms with Crippen LogP contribution in [0, 0.1) is 0 Å². The minimum Gasteiger partial charge on any atom is -0.496 e. The molecule has 0 amide bonds. The van der Waals surface area contributed by atoms with E-state index in [1.54, 1.807) is 13.2 Å². The minimum atomic E-state index is -0.877. The molecular weight excluding hydrogens is 224 g/mol. The van der Waals surface area contributed by atoms with Gasteiger partial charge in [-0.05, 0) is 35.6 Å². The predicted molar refractivity (Wildman–Crippen MR) is 64.7 cm³/mol. The molecule has 0 fully saturated rings. The van der Waals surface area contributed by atoms with Gasteiger partial charge in [0.25, 0.3) is 0 Å². The Kier molecular flexibility index (Phi) is 2.83. The maximum atomic E-state index is 10.9. The molecule has 0 spiro atoms. The highest BCUT2D eigenvalue weighted by Crippen LogP contribution is 2.32. The highest BCUT2D eigenvalue weighted by Gasteiger charge is 2.11. The molecule has 1 aromatic heterocycles. The molecule has 3 nitrogen and oxygen atoms in total. The van der Waals surface area contributed by atoms with Crippen LogP contribution in [-0.2, 0) is 6.42 Å². The van der Waals surface area contributed by atoms with Gasteiger partial charge in [0.05, 0.1) is 7.11 Å². The number of ether oxygens (including phenoxy) is 1. The van der Waals surface area contributed by atoms with Gasteiger partial charge in [-0.25, -0.2) is 4.79 Å². The third kappa shape index (κ3) is 1.76. The van der Waals surface area contributed by atoms with E-state index in [9.17, 15) is 4.79 Å². The van der Waals surface area contributed by atoms with Gasteiger partial charge < -0.3 is 9.84 Å². The van der Waals surface area contributed by atoms with E-state index >= 15 is 0 Å². The topological polar surface area (TPSA) is 46.5 Å². The first kappa shape index (κ1) is 11.0. The number of benzene rings is 1. The van der Waals surface area contributed by atoms with Crippen LogP contribution in [0.2, 0.25) is 0 Å². The van der Waals surface area contributed by atoms with E-state index in [4.69, 9.17) is 9.84 Å². The van der Waals surface area contributed by atoms with Crippen LogP contribution in [0.4, 0.5) is 0 Å². The lowest BCUT2D eigenvalue weighted by Crippen LogP contribution is -1.89. The molecule has 0 aliphatic rings. The number of carbonyl (C=O) groups is 1. The van der Waals surface area contributed by atoms with E-state index in [0.29, 0.717) is 4.88 Å². The lowest BCUT2D eigenvalue weighted by atomic mass is 10.1. The monoisotopic (exact) mass is 236 g/mol. The highest BCUT2D eigenvalue weighted by atomic mass is 32.1. The maximum Gasteiger partial charge on any atom is 0.345 e. The normalized spacial score (nSPS) is 10.6. The fraction of sp³-hybridized carbons (Fsp3) is 0.250. The Balaban J connectivity index is 2.64. The van der Waals surface area contributed by atoms with Crippen LogP contribution in [0.5, 0.6) is 5.75 Å².